The zero-order valence-corrected chi connectivity index (χ0v) is 16.2. The molecule has 1 aliphatic heterocycles. The van der Waals surface area contributed by atoms with Crippen LogP contribution in [0.1, 0.15) is 31.9 Å². The fourth-order valence-electron chi connectivity index (χ4n) is 2.65. The summed E-state index contributed by atoms with van der Waals surface area (Å²) in [7, 11) is 0. The van der Waals surface area contributed by atoms with Crippen molar-refractivity contribution in [3.05, 3.63) is 69.4 Å². The summed E-state index contributed by atoms with van der Waals surface area (Å²) in [5.41, 5.74) is 1.24. The van der Waals surface area contributed by atoms with Gasteiger partial charge in [-0.1, -0.05) is 6.07 Å². The topological polar surface area (TPSA) is 100 Å². The Kier molecular flexibility index (Phi) is 5.92. The van der Waals surface area contributed by atoms with Gasteiger partial charge in [-0.05, 0) is 56.7 Å². The average molecular weight is 396 g/mol. The standard InChI is InChI=1S/C21H20N2O6/c1-4-27-19-12-14(5-10-18(19)28-13(2)3)11-17-21(24)29-20(22-17)15-6-8-16(9-7-15)23(25)26/h5-13H,4H2,1-3H3/b17-11-. The van der Waals surface area contributed by atoms with E-state index in [1.807, 2.05) is 20.8 Å². The van der Waals surface area contributed by atoms with Crippen LogP contribution in [-0.4, -0.2) is 29.5 Å². The number of nitro groups is 1. The van der Waals surface area contributed by atoms with E-state index in [-0.39, 0.29) is 23.4 Å². The number of ether oxygens (including phenoxy) is 3. The molecule has 29 heavy (non-hydrogen) atoms. The lowest BCUT2D eigenvalue weighted by atomic mass is 10.1. The van der Waals surface area contributed by atoms with Crippen molar-refractivity contribution in [3.63, 3.8) is 0 Å². The largest absolute Gasteiger partial charge is 0.490 e. The third-order valence-electron chi connectivity index (χ3n) is 3.88. The van der Waals surface area contributed by atoms with Crippen LogP contribution in [0.3, 0.4) is 0 Å². The molecule has 1 heterocycles. The van der Waals surface area contributed by atoms with Crippen LogP contribution in [0.2, 0.25) is 0 Å². The molecule has 0 spiro atoms. The number of carbonyl (C=O) groups is 1. The van der Waals surface area contributed by atoms with E-state index in [9.17, 15) is 14.9 Å². The fraction of sp³-hybridized carbons (Fsp3) is 0.238. The summed E-state index contributed by atoms with van der Waals surface area (Å²) in [5.74, 6) is 0.689. The Morgan fingerprint density at radius 3 is 2.52 bits per heavy atom. The van der Waals surface area contributed by atoms with E-state index in [2.05, 4.69) is 4.99 Å². The molecule has 0 unspecified atom stereocenters. The van der Waals surface area contributed by atoms with Crippen LogP contribution < -0.4 is 9.47 Å². The van der Waals surface area contributed by atoms with Crippen LogP contribution in [0.5, 0.6) is 11.5 Å². The van der Waals surface area contributed by atoms with Gasteiger partial charge in [0, 0.05) is 17.7 Å². The molecule has 0 fully saturated rings. The first kappa shape index (κ1) is 20.1. The lowest BCUT2D eigenvalue weighted by Gasteiger charge is -2.14. The first-order valence-electron chi connectivity index (χ1n) is 9.08. The molecule has 0 saturated carbocycles. The number of esters is 1. The molecule has 0 N–H and O–H groups in total. The van der Waals surface area contributed by atoms with Crippen LogP contribution in [0.15, 0.2) is 53.2 Å². The number of cyclic esters (lactones) is 1. The maximum absolute atomic E-state index is 12.2. The van der Waals surface area contributed by atoms with Crippen molar-refractivity contribution < 1.29 is 23.9 Å². The van der Waals surface area contributed by atoms with Gasteiger partial charge in [-0.15, -0.1) is 0 Å². The van der Waals surface area contributed by atoms with Crippen LogP contribution >= 0.6 is 0 Å². The van der Waals surface area contributed by atoms with Gasteiger partial charge in [0.15, 0.2) is 17.2 Å². The van der Waals surface area contributed by atoms with E-state index < -0.39 is 10.9 Å². The maximum atomic E-state index is 12.2. The van der Waals surface area contributed by atoms with Gasteiger partial charge in [-0.25, -0.2) is 9.79 Å². The highest BCUT2D eigenvalue weighted by Gasteiger charge is 2.24. The summed E-state index contributed by atoms with van der Waals surface area (Å²) in [5, 5.41) is 10.8. The average Bonchev–Trinajstić information content (AvgIpc) is 3.04. The molecule has 0 aromatic heterocycles. The van der Waals surface area contributed by atoms with Gasteiger partial charge in [0.25, 0.3) is 5.69 Å². The lowest BCUT2D eigenvalue weighted by Crippen LogP contribution is -2.07. The van der Waals surface area contributed by atoms with Crippen LogP contribution in [-0.2, 0) is 9.53 Å². The van der Waals surface area contributed by atoms with Gasteiger partial charge in [-0.3, -0.25) is 10.1 Å². The number of nitro benzene ring substituents is 1. The maximum Gasteiger partial charge on any atom is 0.363 e. The predicted molar refractivity (Wildman–Crippen MR) is 107 cm³/mol. The molecule has 0 atom stereocenters. The van der Waals surface area contributed by atoms with E-state index in [1.54, 1.807) is 24.3 Å². The first-order valence-corrected chi connectivity index (χ1v) is 9.08. The van der Waals surface area contributed by atoms with Crippen molar-refractivity contribution >= 4 is 23.6 Å². The molecule has 1 aliphatic rings. The lowest BCUT2D eigenvalue weighted by molar-refractivity contribution is -0.384. The normalized spacial score (nSPS) is 14.7. The van der Waals surface area contributed by atoms with Crippen molar-refractivity contribution in [1.82, 2.24) is 0 Å². The fourth-order valence-corrected chi connectivity index (χ4v) is 2.65. The van der Waals surface area contributed by atoms with E-state index >= 15 is 0 Å². The zero-order chi connectivity index (χ0) is 21.0. The van der Waals surface area contributed by atoms with E-state index in [4.69, 9.17) is 14.2 Å². The quantitative estimate of drug-likeness (QED) is 0.302. The van der Waals surface area contributed by atoms with E-state index in [0.717, 1.165) is 0 Å². The number of rotatable bonds is 7. The third-order valence-corrected chi connectivity index (χ3v) is 3.88. The van der Waals surface area contributed by atoms with Crippen molar-refractivity contribution in [2.45, 2.75) is 26.9 Å². The second-order valence-corrected chi connectivity index (χ2v) is 6.45. The summed E-state index contributed by atoms with van der Waals surface area (Å²) in [6.45, 7) is 6.20. The number of aliphatic imine (C=N–C) groups is 1. The Bertz CT molecular complexity index is 993. The van der Waals surface area contributed by atoms with E-state index in [0.29, 0.717) is 29.2 Å². The summed E-state index contributed by atoms with van der Waals surface area (Å²) in [4.78, 5) is 26.7. The molecule has 3 rings (SSSR count). The summed E-state index contributed by atoms with van der Waals surface area (Å²) >= 11 is 0. The van der Waals surface area contributed by atoms with Crippen molar-refractivity contribution in [2.24, 2.45) is 4.99 Å². The molecule has 0 radical (unpaired) electrons. The minimum atomic E-state index is -0.598. The van der Waals surface area contributed by atoms with Gasteiger partial charge >= 0.3 is 5.97 Å². The van der Waals surface area contributed by atoms with Crippen LogP contribution in [0.25, 0.3) is 6.08 Å². The Morgan fingerprint density at radius 2 is 1.90 bits per heavy atom. The number of non-ortho nitro benzene ring substituents is 1. The van der Waals surface area contributed by atoms with Gasteiger partial charge in [-0.2, -0.15) is 0 Å². The smallest absolute Gasteiger partial charge is 0.363 e. The molecule has 2 aromatic rings. The Balaban J connectivity index is 1.88. The molecule has 2 aromatic carbocycles. The molecule has 150 valence electrons. The van der Waals surface area contributed by atoms with E-state index in [1.165, 1.54) is 24.3 Å². The minimum absolute atomic E-state index is 0.00271. The van der Waals surface area contributed by atoms with Gasteiger partial charge < -0.3 is 14.2 Å². The predicted octanol–water partition coefficient (Wildman–Crippen LogP) is 4.13. The molecular weight excluding hydrogens is 376 g/mol. The number of hydrogen-bond donors (Lipinski definition) is 0. The second kappa shape index (κ2) is 8.55. The third kappa shape index (κ3) is 4.78. The van der Waals surface area contributed by atoms with Gasteiger partial charge in [0.2, 0.25) is 5.90 Å². The second-order valence-electron chi connectivity index (χ2n) is 6.45. The molecule has 0 bridgehead atoms. The minimum Gasteiger partial charge on any atom is -0.490 e. The highest BCUT2D eigenvalue weighted by molar-refractivity contribution is 6.12. The van der Waals surface area contributed by atoms with Gasteiger partial charge in [0.1, 0.15) is 0 Å². The Labute approximate surface area is 167 Å². The molecule has 8 nitrogen and oxygen atoms in total. The SMILES string of the molecule is CCOc1cc(/C=C2\N=C(c3ccc([N+](=O)[O-])cc3)OC2=O)ccc1OC(C)C. The molecular formula is C21H20N2O6. The number of hydrogen-bond acceptors (Lipinski definition) is 7. The Hall–Kier alpha value is -3.68. The highest BCUT2D eigenvalue weighted by Crippen LogP contribution is 2.31. The number of nitrogens with zero attached hydrogens (tertiary/aromatic N) is 2. The number of carbonyl (C=O) groups excluding carboxylic acids is 1. The molecule has 8 heteroatoms. The Morgan fingerprint density at radius 1 is 1.17 bits per heavy atom. The summed E-state index contributed by atoms with van der Waals surface area (Å²) in [6, 6.07) is 11.0. The van der Waals surface area contributed by atoms with Crippen molar-refractivity contribution in [1.29, 1.82) is 0 Å². The van der Waals surface area contributed by atoms with Crippen LogP contribution in [0, 0.1) is 10.1 Å². The first-order chi connectivity index (χ1) is 13.9. The van der Waals surface area contributed by atoms with Crippen molar-refractivity contribution in [2.75, 3.05) is 6.61 Å². The summed E-state index contributed by atoms with van der Waals surface area (Å²) in [6.07, 6.45) is 1.58. The van der Waals surface area contributed by atoms with Gasteiger partial charge in [0.05, 0.1) is 17.6 Å². The monoisotopic (exact) mass is 396 g/mol. The van der Waals surface area contributed by atoms with Crippen molar-refractivity contribution in [3.8, 4) is 11.5 Å². The molecule has 0 amide bonds. The number of benzene rings is 2. The highest BCUT2D eigenvalue weighted by atomic mass is 16.6. The molecule has 0 aliphatic carbocycles. The van der Waals surface area contributed by atoms with Crippen LogP contribution in [0.4, 0.5) is 5.69 Å². The zero-order valence-electron chi connectivity index (χ0n) is 16.2. The molecule has 0 saturated heterocycles. The summed E-state index contributed by atoms with van der Waals surface area (Å²) < 4.78 is 16.6.